The first kappa shape index (κ1) is 15.6. The molecule has 0 unspecified atom stereocenters. The fourth-order valence-corrected chi connectivity index (χ4v) is 3.28. The molecule has 1 aliphatic rings. The van der Waals surface area contributed by atoms with Crippen LogP contribution in [-0.2, 0) is 19.4 Å². The number of hydrogen-bond acceptors (Lipinski definition) is 3. The van der Waals surface area contributed by atoms with E-state index in [2.05, 4.69) is 46.6 Å². The van der Waals surface area contributed by atoms with Crippen LogP contribution in [0.25, 0.3) is 5.69 Å². The zero-order chi connectivity index (χ0) is 17.2. The first-order chi connectivity index (χ1) is 12.2. The summed E-state index contributed by atoms with van der Waals surface area (Å²) in [5.74, 6) is -0.130. The SMILES string of the molecule is Cc1ccc(-n2nc(C(=O)NCc3ccccn3)c3c2CCC3)cc1. The maximum atomic E-state index is 12.7. The van der Waals surface area contributed by atoms with Gasteiger partial charge in [-0.2, -0.15) is 5.10 Å². The van der Waals surface area contributed by atoms with E-state index < -0.39 is 0 Å². The average molecular weight is 332 g/mol. The Morgan fingerprint density at radius 3 is 2.76 bits per heavy atom. The van der Waals surface area contributed by atoms with Crippen molar-refractivity contribution in [3.05, 3.63) is 76.9 Å². The van der Waals surface area contributed by atoms with Crippen LogP contribution < -0.4 is 5.32 Å². The van der Waals surface area contributed by atoms with E-state index in [9.17, 15) is 4.79 Å². The highest BCUT2D eigenvalue weighted by atomic mass is 16.1. The minimum absolute atomic E-state index is 0.130. The van der Waals surface area contributed by atoms with Gasteiger partial charge in [0.05, 0.1) is 17.9 Å². The highest BCUT2D eigenvalue weighted by molar-refractivity contribution is 5.94. The van der Waals surface area contributed by atoms with E-state index in [4.69, 9.17) is 0 Å². The number of nitrogens with zero attached hydrogens (tertiary/aromatic N) is 3. The van der Waals surface area contributed by atoms with E-state index in [1.807, 2.05) is 22.9 Å². The van der Waals surface area contributed by atoms with Gasteiger partial charge in [-0.05, 0) is 50.5 Å². The second kappa shape index (κ2) is 6.51. The molecule has 3 aromatic rings. The molecular formula is C20H20N4O. The summed E-state index contributed by atoms with van der Waals surface area (Å²) in [6.07, 6.45) is 4.67. The second-order valence-corrected chi connectivity index (χ2v) is 6.38. The molecule has 2 aromatic heterocycles. The molecule has 2 heterocycles. The molecule has 0 saturated carbocycles. The molecule has 126 valence electrons. The molecule has 1 N–H and O–H groups in total. The normalized spacial score (nSPS) is 12.8. The molecule has 0 atom stereocenters. The number of carbonyl (C=O) groups is 1. The molecule has 0 spiro atoms. The molecule has 1 amide bonds. The Morgan fingerprint density at radius 1 is 1.16 bits per heavy atom. The molecular weight excluding hydrogens is 312 g/mol. The van der Waals surface area contributed by atoms with Crippen molar-refractivity contribution in [2.45, 2.75) is 32.7 Å². The third-order valence-corrected chi connectivity index (χ3v) is 4.58. The van der Waals surface area contributed by atoms with Crippen molar-refractivity contribution in [1.82, 2.24) is 20.1 Å². The molecule has 0 aliphatic heterocycles. The Balaban J connectivity index is 1.61. The van der Waals surface area contributed by atoms with Crippen LogP contribution in [0.1, 0.15) is 39.4 Å². The number of carbonyl (C=O) groups excluding carboxylic acids is 1. The first-order valence-corrected chi connectivity index (χ1v) is 8.58. The van der Waals surface area contributed by atoms with Gasteiger partial charge in [0.25, 0.3) is 5.91 Å². The van der Waals surface area contributed by atoms with Gasteiger partial charge < -0.3 is 5.32 Å². The number of aromatic nitrogens is 3. The minimum Gasteiger partial charge on any atom is -0.345 e. The van der Waals surface area contributed by atoms with Gasteiger partial charge in [0.1, 0.15) is 0 Å². The maximum Gasteiger partial charge on any atom is 0.272 e. The molecule has 0 radical (unpaired) electrons. The molecule has 0 bridgehead atoms. The van der Waals surface area contributed by atoms with E-state index in [1.54, 1.807) is 6.20 Å². The van der Waals surface area contributed by atoms with E-state index in [1.165, 1.54) is 5.56 Å². The third kappa shape index (κ3) is 3.05. The van der Waals surface area contributed by atoms with Crippen molar-refractivity contribution in [3.63, 3.8) is 0 Å². The van der Waals surface area contributed by atoms with Gasteiger partial charge in [0, 0.05) is 17.5 Å². The van der Waals surface area contributed by atoms with Crippen LogP contribution in [-0.4, -0.2) is 20.7 Å². The molecule has 25 heavy (non-hydrogen) atoms. The van der Waals surface area contributed by atoms with Crippen LogP contribution in [0, 0.1) is 6.92 Å². The number of nitrogens with one attached hydrogen (secondary N) is 1. The number of fused-ring (bicyclic) bond motifs is 1. The maximum absolute atomic E-state index is 12.7. The van der Waals surface area contributed by atoms with Crippen molar-refractivity contribution in [2.75, 3.05) is 0 Å². The van der Waals surface area contributed by atoms with Gasteiger partial charge in [0.15, 0.2) is 5.69 Å². The van der Waals surface area contributed by atoms with Crippen molar-refractivity contribution in [1.29, 1.82) is 0 Å². The Labute approximate surface area is 146 Å². The molecule has 5 heteroatoms. The lowest BCUT2D eigenvalue weighted by molar-refractivity contribution is 0.0944. The van der Waals surface area contributed by atoms with Crippen molar-refractivity contribution in [3.8, 4) is 5.69 Å². The number of benzene rings is 1. The van der Waals surface area contributed by atoms with Gasteiger partial charge in [-0.15, -0.1) is 0 Å². The molecule has 1 aromatic carbocycles. The fourth-order valence-electron chi connectivity index (χ4n) is 3.28. The second-order valence-electron chi connectivity index (χ2n) is 6.38. The summed E-state index contributed by atoms with van der Waals surface area (Å²) >= 11 is 0. The lowest BCUT2D eigenvalue weighted by Gasteiger charge is -2.06. The first-order valence-electron chi connectivity index (χ1n) is 8.58. The quantitative estimate of drug-likeness (QED) is 0.799. The molecule has 1 aliphatic carbocycles. The van der Waals surface area contributed by atoms with E-state index in [-0.39, 0.29) is 5.91 Å². The number of rotatable bonds is 4. The van der Waals surface area contributed by atoms with Crippen LogP contribution in [0.5, 0.6) is 0 Å². The lowest BCUT2D eigenvalue weighted by atomic mass is 10.2. The average Bonchev–Trinajstić information content (AvgIpc) is 3.24. The van der Waals surface area contributed by atoms with Gasteiger partial charge in [-0.1, -0.05) is 23.8 Å². The highest BCUT2D eigenvalue weighted by Crippen LogP contribution is 2.28. The van der Waals surface area contributed by atoms with E-state index in [0.29, 0.717) is 12.2 Å². The Kier molecular flexibility index (Phi) is 4.06. The van der Waals surface area contributed by atoms with Crippen molar-refractivity contribution >= 4 is 5.91 Å². The summed E-state index contributed by atoms with van der Waals surface area (Å²) in [6.45, 7) is 2.47. The standard InChI is InChI=1S/C20H20N4O/c1-14-8-10-16(11-9-14)24-18-7-4-6-17(18)19(23-24)20(25)22-13-15-5-2-3-12-21-15/h2-3,5,8-12H,4,6-7,13H2,1H3,(H,22,25). The van der Waals surface area contributed by atoms with Crippen LogP contribution in [0.3, 0.4) is 0 Å². The van der Waals surface area contributed by atoms with E-state index in [0.717, 1.165) is 41.9 Å². The van der Waals surface area contributed by atoms with Gasteiger partial charge in [0.2, 0.25) is 0 Å². The largest absolute Gasteiger partial charge is 0.345 e. The fraction of sp³-hybridized carbons (Fsp3) is 0.250. The lowest BCUT2D eigenvalue weighted by Crippen LogP contribution is -2.24. The predicted octanol–water partition coefficient (Wildman–Crippen LogP) is 2.99. The number of amides is 1. The van der Waals surface area contributed by atoms with Crippen LogP contribution in [0.15, 0.2) is 48.7 Å². The van der Waals surface area contributed by atoms with Crippen LogP contribution >= 0.6 is 0 Å². The Bertz CT molecular complexity index is 897. The summed E-state index contributed by atoms with van der Waals surface area (Å²) in [7, 11) is 0. The summed E-state index contributed by atoms with van der Waals surface area (Å²) < 4.78 is 1.93. The van der Waals surface area contributed by atoms with Crippen molar-refractivity contribution < 1.29 is 4.79 Å². The smallest absolute Gasteiger partial charge is 0.272 e. The molecule has 0 saturated heterocycles. The summed E-state index contributed by atoms with van der Waals surface area (Å²) in [5.41, 5.74) is 5.84. The summed E-state index contributed by atoms with van der Waals surface area (Å²) in [5, 5.41) is 7.57. The predicted molar refractivity (Wildman–Crippen MR) is 95.7 cm³/mol. The number of hydrogen-bond donors (Lipinski definition) is 1. The monoisotopic (exact) mass is 332 g/mol. The molecule has 5 nitrogen and oxygen atoms in total. The summed E-state index contributed by atoms with van der Waals surface area (Å²) in [6, 6.07) is 13.9. The van der Waals surface area contributed by atoms with Crippen LogP contribution in [0.4, 0.5) is 0 Å². The van der Waals surface area contributed by atoms with Gasteiger partial charge in [-0.3, -0.25) is 9.78 Å². The molecule has 0 fully saturated rings. The highest BCUT2D eigenvalue weighted by Gasteiger charge is 2.26. The molecule has 4 rings (SSSR count). The summed E-state index contributed by atoms with van der Waals surface area (Å²) in [4.78, 5) is 16.9. The topological polar surface area (TPSA) is 59.8 Å². The van der Waals surface area contributed by atoms with Gasteiger partial charge in [-0.25, -0.2) is 4.68 Å². The van der Waals surface area contributed by atoms with Gasteiger partial charge >= 0.3 is 0 Å². The van der Waals surface area contributed by atoms with E-state index >= 15 is 0 Å². The zero-order valence-electron chi connectivity index (χ0n) is 14.2. The number of aryl methyl sites for hydroxylation is 1. The minimum atomic E-state index is -0.130. The van der Waals surface area contributed by atoms with Crippen molar-refractivity contribution in [2.24, 2.45) is 0 Å². The number of pyridine rings is 1. The Morgan fingerprint density at radius 2 is 2.00 bits per heavy atom. The zero-order valence-corrected chi connectivity index (χ0v) is 14.2. The van der Waals surface area contributed by atoms with Crippen LogP contribution in [0.2, 0.25) is 0 Å². The Hall–Kier alpha value is -2.95. The third-order valence-electron chi connectivity index (χ3n) is 4.58.